The Hall–Kier alpha value is -5.12. The molecule has 2 aromatic carbocycles. The van der Waals surface area contributed by atoms with Gasteiger partial charge in [-0.15, -0.1) is 0 Å². The zero-order valence-corrected chi connectivity index (χ0v) is 28.6. The Balaban J connectivity index is 0.848. The summed E-state index contributed by atoms with van der Waals surface area (Å²) in [7, 11) is 0. The van der Waals surface area contributed by atoms with Gasteiger partial charge in [-0.25, -0.2) is 4.98 Å². The number of pyridine rings is 3. The molecule has 10 heteroatoms. The standard InChI is InChI=1S/C40H40ClN7O2/c41-37-10-9-31(23-36(37)33-7-3-17-43-26-33)40(50)46-35-14-20-48(21-15-35)38-11-8-28(24-44-38)27-47-18-12-34(13-19-47)45-39(49)30-5-1-4-29(22-30)32-6-2-16-42-25-32/h1-11,16-17,22-26,34-35H,12-15,18-21,27H2,(H,45,49)(H,46,50). The van der Waals surface area contributed by atoms with Crippen LogP contribution in [0, 0.1) is 0 Å². The molecule has 50 heavy (non-hydrogen) atoms. The second-order valence-electron chi connectivity index (χ2n) is 13.0. The highest BCUT2D eigenvalue weighted by molar-refractivity contribution is 6.33. The molecule has 2 aliphatic heterocycles. The van der Waals surface area contributed by atoms with Crippen LogP contribution >= 0.6 is 11.6 Å². The number of rotatable bonds is 9. The number of carbonyl (C=O) groups is 2. The van der Waals surface area contributed by atoms with Crippen LogP contribution < -0.4 is 15.5 Å². The molecule has 0 atom stereocenters. The number of piperidine rings is 2. The number of benzene rings is 2. The molecular formula is C40H40ClN7O2. The van der Waals surface area contributed by atoms with Crippen molar-refractivity contribution in [1.82, 2.24) is 30.5 Å². The van der Waals surface area contributed by atoms with Gasteiger partial charge in [0.15, 0.2) is 0 Å². The first kappa shape index (κ1) is 33.4. The number of hydrogen-bond acceptors (Lipinski definition) is 7. The molecular weight excluding hydrogens is 646 g/mol. The number of carbonyl (C=O) groups excluding carboxylic acids is 2. The van der Waals surface area contributed by atoms with Gasteiger partial charge in [-0.2, -0.15) is 0 Å². The Kier molecular flexibility index (Phi) is 10.4. The molecule has 0 spiro atoms. The summed E-state index contributed by atoms with van der Waals surface area (Å²) in [6.45, 7) is 4.32. The summed E-state index contributed by atoms with van der Waals surface area (Å²) in [5, 5.41) is 7.05. The van der Waals surface area contributed by atoms with E-state index in [4.69, 9.17) is 16.6 Å². The zero-order valence-electron chi connectivity index (χ0n) is 27.8. The molecule has 3 aromatic heterocycles. The van der Waals surface area contributed by atoms with Gasteiger partial charge in [-0.05, 0) is 85.3 Å². The van der Waals surface area contributed by atoms with Gasteiger partial charge in [0.05, 0.1) is 0 Å². The molecule has 2 saturated heterocycles. The maximum absolute atomic E-state index is 13.1. The summed E-state index contributed by atoms with van der Waals surface area (Å²) in [6.07, 6.45) is 12.5. The average Bonchev–Trinajstić information content (AvgIpc) is 3.17. The second-order valence-corrected chi connectivity index (χ2v) is 13.4. The van der Waals surface area contributed by atoms with Crippen molar-refractivity contribution in [2.24, 2.45) is 0 Å². The number of anilines is 1. The zero-order chi connectivity index (χ0) is 34.3. The van der Waals surface area contributed by atoms with Gasteiger partial charge in [0, 0.05) is 109 Å². The van der Waals surface area contributed by atoms with Crippen LogP contribution in [0.2, 0.25) is 5.02 Å². The van der Waals surface area contributed by atoms with Gasteiger partial charge in [-0.1, -0.05) is 41.9 Å². The van der Waals surface area contributed by atoms with Crippen molar-refractivity contribution in [3.05, 3.63) is 132 Å². The Morgan fingerprint density at radius 2 is 1.32 bits per heavy atom. The lowest BCUT2D eigenvalue weighted by Gasteiger charge is -2.34. The monoisotopic (exact) mass is 685 g/mol. The molecule has 2 aliphatic rings. The van der Waals surface area contributed by atoms with E-state index >= 15 is 0 Å². The second kappa shape index (κ2) is 15.6. The normalized spacial score (nSPS) is 15.8. The minimum absolute atomic E-state index is 0.0302. The molecule has 0 bridgehead atoms. The van der Waals surface area contributed by atoms with Crippen molar-refractivity contribution in [2.75, 3.05) is 31.1 Å². The maximum Gasteiger partial charge on any atom is 0.251 e. The number of nitrogens with zero attached hydrogens (tertiary/aromatic N) is 5. The fraction of sp³-hybridized carbons (Fsp3) is 0.275. The topological polar surface area (TPSA) is 103 Å². The number of amides is 2. The highest BCUT2D eigenvalue weighted by Crippen LogP contribution is 2.29. The van der Waals surface area contributed by atoms with E-state index in [9.17, 15) is 9.59 Å². The van der Waals surface area contributed by atoms with Crippen LogP contribution in [0.1, 0.15) is 52.0 Å². The largest absolute Gasteiger partial charge is 0.356 e. The average molecular weight is 686 g/mol. The molecule has 2 fully saturated rings. The number of nitrogens with one attached hydrogen (secondary N) is 2. The predicted octanol–water partition coefficient (Wildman–Crippen LogP) is 6.65. The van der Waals surface area contributed by atoms with Crippen molar-refractivity contribution in [3.63, 3.8) is 0 Å². The molecule has 0 aliphatic carbocycles. The molecule has 2 amide bonds. The third-order valence-corrected chi connectivity index (χ3v) is 9.94. The van der Waals surface area contributed by atoms with Crippen molar-refractivity contribution in [3.8, 4) is 22.3 Å². The summed E-state index contributed by atoms with van der Waals surface area (Å²) in [6, 6.07) is 25.3. The first-order valence-corrected chi connectivity index (χ1v) is 17.6. The summed E-state index contributed by atoms with van der Waals surface area (Å²) < 4.78 is 0. The molecule has 0 radical (unpaired) electrons. The van der Waals surface area contributed by atoms with Gasteiger partial charge in [0.25, 0.3) is 11.8 Å². The lowest BCUT2D eigenvalue weighted by atomic mass is 10.0. The van der Waals surface area contributed by atoms with Crippen molar-refractivity contribution in [1.29, 1.82) is 0 Å². The number of halogens is 1. The molecule has 7 rings (SSSR count). The van der Waals surface area contributed by atoms with Crippen LogP contribution in [-0.4, -0.2) is 69.9 Å². The van der Waals surface area contributed by atoms with Crippen molar-refractivity contribution in [2.45, 2.75) is 44.3 Å². The first-order chi connectivity index (χ1) is 24.5. The van der Waals surface area contributed by atoms with Crippen LogP contribution in [-0.2, 0) is 6.54 Å². The Morgan fingerprint density at radius 3 is 1.96 bits per heavy atom. The molecule has 9 nitrogen and oxygen atoms in total. The van der Waals surface area contributed by atoms with E-state index in [1.165, 1.54) is 5.56 Å². The van der Waals surface area contributed by atoms with E-state index in [0.29, 0.717) is 16.1 Å². The number of hydrogen-bond donors (Lipinski definition) is 2. The number of aromatic nitrogens is 3. The van der Waals surface area contributed by atoms with Crippen LogP contribution in [0.5, 0.6) is 0 Å². The van der Waals surface area contributed by atoms with E-state index in [-0.39, 0.29) is 23.9 Å². The molecule has 254 valence electrons. The molecule has 2 N–H and O–H groups in total. The van der Waals surface area contributed by atoms with Gasteiger partial charge >= 0.3 is 0 Å². The summed E-state index contributed by atoms with van der Waals surface area (Å²) in [4.78, 5) is 44.0. The third-order valence-electron chi connectivity index (χ3n) is 9.61. The molecule has 5 heterocycles. The van der Waals surface area contributed by atoms with E-state index in [1.807, 2.05) is 67.0 Å². The minimum atomic E-state index is -0.0919. The fourth-order valence-corrected chi connectivity index (χ4v) is 6.99. The third kappa shape index (κ3) is 8.18. The highest BCUT2D eigenvalue weighted by atomic mass is 35.5. The highest BCUT2D eigenvalue weighted by Gasteiger charge is 2.24. The number of likely N-dealkylation sites (tertiary alicyclic amines) is 1. The van der Waals surface area contributed by atoms with Gasteiger partial charge in [0.2, 0.25) is 0 Å². The smallest absolute Gasteiger partial charge is 0.251 e. The van der Waals surface area contributed by atoms with E-state index < -0.39 is 0 Å². The molecule has 5 aromatic rings. The SMILES string of the molecule is O=C(NC1CCN(Cc2ccc(N3CCC(NC(=O)c4ccc(Cl)c(-c5cccnc5)c4)CC3)nc2)CC1)c1cccc(-c2cccnc2)c1. The quantitative estimate of drug-likeness (QED) is 0.179. The lowest BCUT2D eigenvalue weighted by molar-refractivity contribution is 0.0906. The predicted molar refractivity (Wildman–Crippen MR) is 197 cm³/mol. The van der Waals surface area contributed by atoms with Gasteiger partial charge in [0.1, 0.15) is 5.82 Å². The van der Waals surface area contributed by atoms with Gasteiger partial charge < -0.3 is 15.5 Å². The van der Waals surface area contributed by atoms with Crippen LogP contribution in [0.25, 0.3) is 22.3 Å². The first-order valence-electron chi connectivity index (χ1n) is 17.2. The van der Waals surface area contributed by atoms with Crippen molar-refractivity contribution < 1.29 is 9.59 Å². The van der Waals surface area contributed by atoms with Crippen LogP contribution in [0.3, 0.4) is 0 Å². The molecule has 0 saturated carbocycles. The summed E-state index contributed by atoms with van der Waals surface area (Å²) >= 11 is 6.43. The maximum atomic E-state index is 13.1. The van der Waals surface area contributed by atoms with E-state index in [0.717, 1.165) is 86.5 Å². The van der Waals surface area contributed by atoms with Crippen molar-refractivity contribution >= 4 is 29.2 Å². The van der Waals surface area contributed by atoms with Crippen LogP contribution in [0.15, 0.2) is 110 Å². The Bertz CT molecular complexity index is 1910. The Morgan fingerprint density at radius 1 is 0.680 bits per heavy atom. The summed E-state index contributed by atoms with van der Waals surface area (Å²) in [5.41, 5.74) is 6.09. The lowest BCUT2D eigenvalue weighted by Crippen LogP contribution is -2.45. The van der Waals surface area contributed by atoms with E-state index in [1.54, 1.807) is 30.7 Å². The van der Waals surface area contributed by atoms with Gasteiger partial charge in [-0.3, -0.25) is 24.5 Å². The fourth-order valence-electron chi connectivity index (χ4n) is 6.76. The Labute approximate surface area is 297 Å². The van der Waals surface area contributed by atoms with Crippen LogP contribution in [0.4, 0.5) is 5.82 Å². The minimum Gasteiger partial charge on any atom is -0.356 e. The summed E-state index contributed by atoms with van der Waals surface area (Å²) in [5.74, 6) is 0.842. The molecule has 0 unspecified atom stereocenters. The van der Waals surface area contributed by atoms with E-state index in [2.05, 4.69) is 42.5 Å².